The molecular weight excluding hydrogens is 272 g/mol. The summed E-state index contributed by atoms with van der Waals surface area (Å²) in [6.07, 6.45) is 11.3. The third-order valence-electron chi connectivity index (χ3n) is 2.48. The number of allylic oxidation sites excluding steroid dienone is 6. The fourth-order valence-electron chi connectivity index (χ4n) is 1.48. The third-order valence-corrected chi connectivity index (χ3v) is 3.00. The average molecular weight is 286 g/mol. The Kier molecular flexibility index (Phi) is 6.40. The van der Waals surface area contributed by atoms with E-state index in [0.29, 0.717) is 12.6 Å². The van der Waals surface area contributed by atoms with Crippen molar-refractivity contribution in [3.8, 4) is 0 Å². The Morgan fingerprint density at radius 1 is 1.00 bits per heavy atom. The van der Waals surface area contributed by atoms with Crippen molar-refractivity contribution in [3.63, 3.8) is 0 Å². The Labute approximate surface area is 123 Å². The Bertz CT molecular complexity index is 581. The van der Waals surface area contributed by atoms with E-state index in [1.54, 1.807) is 18.2 Å². The summed E-state index contributed by atoms with van der Waals surface area (Å²) < 4.78 is 0. The Balaban J connectivity index is 3.04. The Morgan fingerprint density at radius 3 is 2.05 bits per heavy atom. The van der Waals surface area contributed by atoms with Crippen LogP contribution in [0.4, 0.5) is 0 Å². The molecule has 0 unspecified atom stereocenters. The van der Waals surface area contributed by atoms with Gasteiger partial charge in [0.25, 0.3) is 0 Å². The highest BCUT2D eigenvalue weighted by Crippen LogP contribution is 2.19. The SMILES string of the molecule is C\C=C/C=C/C=C/C(=O)c1cc(C=O)c(S)c(C=O)c1. The van der Waals surface area contributed by atoms with E-state index < -0.39 is 0 Å². The predicted molar refractivity (Wildman–Crippen MR) is 81.9 cm³/mol. The fourth-order valence-corrected chi connectivity index (χ4v) is 1.72. The zero-order valence-electron chi connectivity index (χ0n) is 10.9. The van der Waals surface area contributed by atoms with Crippen LogP contribution in [0.25, 0.3) is 0 Å². The maximum absolute atomic E-state index is 11.9. The highest BCUT2D eigenvalue weighted by molar-refractivity contribution is 7.80. The largest absolute Gasteiger partial charge is 0.298 e. The molecule has 102 valence electrons. The normalized spacial score (nSPS) is 11.5. The molecule has 0 spiro atoms. The van der Waals surface area contributed by atoms with Gasteiger partial charge in [0.1, 0.15) is 0 Å². The first-order valence-electron chi connectivity index (χ1n) is 5.91. The van der Waals surface area contributed by atoms with E-state index in [2.05, 4.69) is 12.6 Å². The lowest BCUT2D eigenvalue weighted by Gasteiger charge is -2.04. The summed E-state index contributed by atoms with van der Waals surface area (Å²) in [5.74, 6) is -0.283. The van der Waals surface area contributed by atoms with Crippen LogP contribution in [0.5, 0.6) is 0 Å². The molecule has 0 aliphatic heterocycles. The van der Waals surface area contributed by atoms with Gasteiger partial charge in [-0.3, -0.25) is 14.4 Å². The molecule has 0 radical (unpaired) electrons. The number of hydrogen-bond acceptors (Lipinski definition) is 4. The first-order valence-corrected chi connectivity index (χ1v) is 6.36. The monoisotopic (exact) mass is 286 g/mol. The molecule has 0 amide bonds. The van der Waals surface area contributed by atoms with Crippen LogP contribution in [0.15, 0.2) is 53.5 Å². The zero-order chi connectivity index (χ0) is 15.0. The number of aldehydes is 2. The molecule has 0 N–H and O–H groups in total. The topological polar surface area (TPSA) is 51.2 Å². The molecule has 0 heterocycles. The van der Waals surface area contributed by atoms with Crippen molar-refractivity contribution in [1.82, 2.24) is 0 Å². The summed E-state index contributed by atoms with van der Waals surface area (Å²) in [5, 5.41) is 0. The van der Waals surface area contributed by atoms with Gasteiger partial charge in [0, 0.05) is 21.6 Å². The summed E-state index contributed by atoms with van der Waals surface area (Å²) in [4.78, 5) is 34.0. The van der Waals surface area contributed by atoms with Gasteiger partial charge in [0.05, 0.1) is 0 Å². The first-order chi connectivity index (χ1) is 9.63. The van der Waals surface area contributed by atoms with E-state index >= 15 is 0 Å². The van der Waals surface area contributed by atoms with Crippen LogP contribution < -0.4 is 0 Å². The minimum Gasteiger partial charge on any atom is -0.298 e. The van der Waals surface area contributed by atoms with E-state index in [1.807, 2.05) is 19.1 Å². The van der Waals surface area contributed by atoms with Crippen molar-refractivity contribution < 1.29 is 14.4 Å². The molecule has 1 rings (SSSR count). The highest BCUT2D eigenvalue weighted by Gasteiger charge is 2.10. The number of carbonyl (C=O) groups is 3. The van der Waals surface area contributed by atoms with E-state index in [9.17, 15) is 14.4 Å². The molecule has 0 saturated carbocycles. The second-order valence-electron chi connectivity index (χ2n) is 3.87. The lowest BCUT2D eigenvalue weighted by molar-refractivity contribution is 0.104. The van der Waals surface area contributed by atoms with Crippen molar-refractivity contribution in [2.24, 2.45) is 0 Å². The summed E-state index contributed by atoms with van der Waals surface area (Å²) >= 11 is 4.09. The maximum atomic E-state index is 11.9. The third kappa shape index (κ3) is 4.17. The maximum Gasteiger partial charge on any atom is 0.185 e. The van der Waals surface area contributed by atoms with Gasteiger partial charge in [0.15, 0.2) is 18.4 Å². The minimum absolute atomic E-state index is 0.221. The lowest BCUT2D eigenvalue weighted by atomic mass is 10.0. The number of thiol groups is 1. The van der Waals surface area contributed by atoms with Gasteiger partial charge in [-0.2, -0.15) is 0 Å². The van der Waals surface area contributed by atoms with Crippen molar-refractivity contribution in [3.05, 3.63) is 65.3 Å². The zero-order valence-corrected chi connectivity index (χ0v) is 11.8. The van der Waals surface area contributed by atoms with Crippen molar-refractivity contribution >= 4 is 31.0 Å². The molecule has 3 nitrogen and oxygen atoms in total. The van der Waals surface area contributed by atoms with Gasteiger partial charge in [-0.25, -0.2) is 0 Å². The molecule has 0 atom stereocenters. The second kappa shape index (κ2) is 8.07. The van der Waals surface area contributed by atoms with Gasteiger partial charge in [-0.15, -0.1) is 12.6 Å². The molecule has 0 fully saturated rings. The van der Waals surface area contributed by atoms with Crippen LogP contribution in [-0.2, 0) is 0 Å². The summed E-state index contributed by atoms with van der Waals surface area (Å²) in [6, 6.07) is 2.84. The van der Waals surface area contributed by atoms with Crippen LogP contribution in [0.2, 0.25) is 0 Å². The standard InChI is InChI=1S/C16H14O3S/c1-2-3-4-5-6-7-15(19)12-8-13(10-17)16(20)14(9-12)11-18/h2-11,20H,1H3/b3-2-,5-4+,7-6+. The van der Waals surface area contributed by atoms with E-state index in [4.69, 9.17) is 0 Å². The van der Waals surface area contributed by atoms with Crippen LogP contribution in [0, 0.1) is 0 Å². The number of rotatable bonds is 6. The highest BCUT2D eigenvalue weighted by atomic mass is 32.1. The molecular formula is C16H14O3S. The number of benzene rings is 1. The Morgan fingerprint density at radius 2 is 1.55 bits per heavy atom. The van der Waals surface area contributed by atoms with Crippen LogP contribution in [0.1, 0.15) is 38.0 Å². The average Bonchev–Trinajstić information content (AvgIpc) is 2.47. The van der Waals surface area contributed by atoms with Crippen LogP contribution in [-0.4, -0.2) is 18.4 Å². The summed E-state index contributed by atoms with van der Waals surface area (Å²) in [7, 11) is 0. The predicted octanol–water partition coefficient (Wildman–Crippen LogP) is 3.47. The van der Waals surface area contributed by atoms with Crippen LogP contribution >= 0.6 is 12.6 Å². The molecule has 0 aliphatic rings. The van der Waals surface area contributed by atoms with E-state index in [-0.39, 0.29) is 27.4 Å². The molecule has 0 saturated heterocycles. The van der Waals surface area contributed by atoms with Gasteiger partial charge in [-0.1, -0.05) is 30.4 Å². The molecule has 1 aromatic rings. The van der Waals surface area contributed by atoms with Gasteiger partial charge in [0.2, 0.25) is 0 Å². The molecule has 1 aromatic carbocycles. The lowest BCUT2D eigenvalue weighted by Crippen LogP contribution is -2.00. The Hall–Kier alpha value is -2.20. The molecule has 20 heavy (non-hydrogen) atoms. The molecule has 4 heteroatoms. The van der Waals surface area contributed by atoms with Crippen molar-refractivity contribution in [1.29, 1.82) is 0 Å². The van der Waals surface area contributed by atoms with Gasteiger partial charge >= 0.3 is 0 Å². The second-order valence-corrected chi connectivity index (χ2v) is 4.32. The molecule has 0 aliphatic carbocycles. The van der Waals surface area contributed by atoms with Gasteiger partial charge in [-0.05, 0) is 25.1 Å². The number of carbonyl (C=O) groups excluding carboxylic acids is 3. The first kappa shape index (κ1) is 15.9. The fraction of sp³-hybridized carbons (Fsp3) is 0.0625. The summed E-state index contributed by atoms with van der Waals surface area (Å²) in [5.41, 5.74) is 0.723. The number of ketones is 1. The van der Waals surface area contributed by atoms with Crippen molar-refractivity contribution in [2.45, 2.75) is 11.8 Å². The van der Waals surface area contributed by atoms with E-state index in [0.717, 1.165) is 0 Å². The molecule has 0 aromatic heterocycles. The van der Waals surface area contributed by atoms with Crippen LogP contribution in [0.3, 0.4) is 0 Å². The van der Waals surface area contributed by atoms with Gasteiger partial charge < -0.3 is 0 Å². The summed E-state index contributed by atoms with van der Waals surface area (Å²) in [6.45, 7) is 1.89. The minimum atomic E-state index is -0.283. The quantitative estimate of drug-likeness (QED) is 0.286. The smallest absolute Gasteiger partial charge is 0.185 e. The number of hydrogen-bond donors (Lipinski definition) is 1. The van der Waals surface area contributed by atoms with Crippen molar-refractivity contribution in [2.75, 3.05) is 0 Å². The molecule has 0 bridgehead atoms. The van der Waals surface area contributed by atoms with E-state index in [1.165, 1.54) is 18.2 Å².